The lowest BCUT2D eigenvalue weighted by Crippen LogP contribution is -2.47. The summed E-state index contributed by atoms with van der Waals surface area (Å²) in [6.07, 6.45) is 0. The molecule has 0 radical (unpaired) electrons. The lowest BCUT2D eigenvalue weighted by molar-refractivity contribution is 0.595. The van der Waals surface area contributed by atoms with E-state index in [0.717, 1.165) is 11.4 Å². The van der Waals surface area contributed by atoms with Gasteiger partial charge in [0.05, 0.1) is 12.1 Å². The molecule has 3 heteroatoms. The molecule has 0 heterocycles. The lowest BCUT2D eigenvalue weighted by atomic mass is 10.1. The van der Waals surface area contributed by atoms with Gasteiger partial charge in [-0.15, -0.1) is 0 Å². The van der Waals surface area contributed by atoms with Gasteiger partial charge < -0.3 is 9.80 Å². The smallest absolute Gasteiger partial charge is 0.136 e. The number of hydrogen-bond donors (Lipinski definition) is 0. The maximum atomic E-state index is 9.61. The molecule has 0 aliphatic heterocycles. The van der Waals surface area contributed by atoms with E-state index in [0.29, 0.717) is 0 Å². The average molecular weight is 279 g/mol. The van der Waals surface area contributed by atoms with E-state index in [9.17, 15) is 5.26 Å². The summed E-state index contributed by atoms with van der Waals surface area (Å²) in [6, 6.07) is 22.5. The van der Waals surface area contributed by atoms with Crippen molar-refractivity contribution in [1.82, 2.24) is 0 Å². The zero-order valence-corrected chi connectivity index (χ0v) is 12.8. The highest BCUT2D eigenvalue weighted by atomic mass is 15.2. The highest BCUT2D eigenvalue weighted by Crippen LogP contribution is 2.21. The largest absolute Gasteiger partial charge is 0.369 e. The standard InChI is InChI=1S/C18H21N3/c1-15(20(2)16-10-6-4-7-11-16)18(14-19)21(3)17-12-8-5-9-13-17/h4-13,15,18H,1-3H3. The molecule has 108 valence electrons. The maximum absolute atomic E-state index is 9.61. The van der Waals surface area contributed by atoms with Crippen molar-refractivity contribution >= 4 is 11.4 Å². The molecule has 2 unspecified atom stereocenters. The molecule has 0 aliphatic carbocycles. The van der Waals surface area contributed by atoms with Crippen molar-refractivity contribution < 1.29 is 0 Å². The summed E-state index contributed by atoms with van der Waals surface area (Å²) in [5, 5.41) is 9.61. The van der Waals surface area contributed by atoms with Gasteiger partial charge in [-0.05, 0) is 31.2 Å². The number of hydrogen-bond acceptors (Lipinski definition) is 3. The molecule has 0 aromatic heterocycles. The van der Waals surface area contributed by atoms with Crippen LogP contribution >= 0.6 is 0 Å². The Bertz CT molecular complexity index is 589. The SMILES string of the molecule is CC(C(C#N)N(C)c1ccccc1)N(C)c1ccccc1. The van der Waals surface area contributed by atoms with Crippen LogP contribution in [0.1, 0.15) is 6.92 Å². The van der Waals surface area contributed by atoms with Gasteiger partial charge in [-0.2, -0.15) is 5.26 Å². The number of para-hydroxylation sites is 2. The van der Waals surface area contributed by atoms with Crippen molar-refractivity contribution in [2.24, 2.45) is 0 Å². The van der Waals surface area contributed by atoms with E-state index >= 15 is 0 Å². The molecule has 0 saturated heterocycles. The maximum Gasteiger partial charge on any atom is 0.136 e. The van der Waals surface area contributed by atoms with Crippen molar-refractivity contribution in [3.63, 3.8) is 0 Å². The van der Waals surface area contributed by atoms with Crippen molar-refractivity contribution in [3.8, 4) is 6.07 Å². The van der Waals surface area contributed by atoms with Gasteiger partial charge in [-0.1, -0.05) is 36.4 Å². The molecule has 0 spiro atoms. The van der Waals surface area contributed by atoms with E-state index in [4.69, 9.17) is 0 Å². The van der Waals surface area contributed by atoms with Gasteiger partial charge in [0.15, 0.2) is 0 Å². The summed E-state index contributed by atoms with van der Waals surface area (Å²) in [6.45, 7) is 2.08. The Kier molecular flexibility index (Phi) is 4.84. The second kappa shape index (κ2) is 6.81. The lowest BCUT2D eigenvalue weighted by Gasteiger charge is -2.35. The highest BCUT2D eigenvalue weighted by molar-refractivity contribution is 5.51. The first-order valence-electron chi connectivity index (χ1n) is 7.10. The van der Waals surface area contributed by atoms with Crippen LogP contribution < -0.4 is 9.80 Å². The van der Waals surface area contributed by atoms with Gasteiger partial charge in [0.25, 0.3) is 0 Å². The second-order valence-electron chi connectivity index (χ2n) is 5.21. The van der Waals surface area contributed by atoms with Gasteiger partial charge in [0.2, 0.25) is 0 Å². The van der Waals surface area contributed by atoms with Gasteiger partial charge in [0, 0.05) is 25.5 Å². The van der Waals surface area contributed by atoms with Crippen LogP contribution in [0.4, 0.5) is 11.4 Å². The number of nitrogens with zero attached hydrogens (tertiary/aromatic N) is 3. The first kappa shape index (κ1) is 14.9. The van der Waals surface area contributed by atoms with Crippen LogP contribution in [0, 0.1) is 11.3 Å². The molecule has 3 nitrogen and oxygen atoms in total. The Morgan fingerprint density at radius 3 is 1.67 bits per heavy atom. The molecule has 0 fully saturated rings. The van der Waals surface area contributed by atoms with E-state index < -0.39 is 0 Å². The minimum absolute atomic E-state index is 0.0719. The molecule has 0 N–H and O–H groups in total. The molecular weight excluding hydrogens is 258 g/mol. The number of benzene rings is 2. The van der Waals surface area contributed by atoms with Crippen LogP contribution in [-0.2, 0) is 0 Å². The van der Waals surface area contributed by atoms with E-state index in [1.807, 2.05) is 67.5 Å². The summed E-state index contributed by atoms with van der Waals surface area (Å²) < 4.78 is 0. The predicted octanol–water partition coefficient (Wildman–Crippen LogP) is 3.54. The van der Waals surface area contributed by atoms with Crippen LogP contribution in [0.2, 0.25) is 0 Å². The van der Waals surface area contributed by atoms with Gasteiger partial charge in [-0.25, -0.2) is 0 Å². The molecule has 2 atom stereocenters. The fourth-order valence-corrected chi connectivity index (χ4v) is 2.45. The van der Waals surface area contributed by atoms with Crippen LogP contribution in [-0.4, -0.2) is 26.2 Å². The number of nitriles is 1. The van der Waals surface area contributed by atoms with Gasteiger partial charge in [0.1, 0.15) is 6.04 Å². The van der Waals surface area contributed by atoms with E-state index in [1.54, 1.807) is 0 Å². The molecule has 21 heavy (non-hydrogen) atoms. The predicted molar refractivity (Wildman–Crippen MR) is 88.6 cm³/mol. The van der Waals surface area contributed by atoms with E-state index in [1.165, 1.54) is 0 Å². The molecule has 2 rings (SSSR count). The Balaban J connectivity index is 2.19. The minimum Gasteiger partial charge on any atom is -0.369 e. The summed E-state index contributed by atoms with van der Waals surface area (Å²) >= 11 is 0. The molecule has 0 bridgehead atoms. The van der Waals surface area contributed by atoms with Crippen molar-refractivity contribution in [2.45, 2.75) is 19.0 Å². The third-order valence-electron chi connectivity index (χ3n) is 3.94. The van der Waals surface area contributed by atoms with Crippen LogP contribution in [0.5, 0.6) is 0 Å². The Morgan fingerprint density at radius 2 is 1.24 bits per heavy atom. The van der Waals surface area contributed by atoms with Crippen LogP contribution in [0.3, 0.4) is 0 Å². The molecule has 2 aromatic rings. The average Bonchev–Trinajstić information content (AvgIpc) is 2.56. The summed E-state index contributed by atoms with van der Waals surface area (Å²) in [5.41, 5.74) is 2.17. The topological polar surface area (TPSA) is 30.3 Å². The Labute approximate surface area is 127 Å². The summed E-state index contributed by atoms with van der Waals surface area (Å²) in [4.78, 5) is 4.18. The first-order chi connectivity index (χ1) is 10.1. The first-order valence-corrected chi connectivity index (χ1v) is 7.10. The molecule has 0 aliphatic rings. The normalized spacial score (nSPS) is 13.0. The molecular formula is C18H21N3. The quantitative estimate of drug-likeness (QED) is 0.838. The van der Waals surface area contributed by atoms with Crippen molar-refractivity contribution in [2.75, 3.05) is 23.9 Å². The Hall–Kier alpha value is -2.47. The monoisotopic (exact) mass is 279 g/mol. The zero-order chi connectivity index (χ0) is 15.2. The van der Waals surface area contributed by atoms with Crippen LogP contribution in [0.25, 0.3) is 0 Å². The number of likely N-dealkylation sites (N-methyl/N-ethyl adjacent to an activating group) is 2. The van der Waals surface area contributed by atoms with E-state index in [2.05, 4.69) is 30.0 Å². The molecule has 0 saturated carbocycles. The third-order valence-corrected chi connectivity index (χ3v) is 3.94. The number of rotatable bonds is 5. The summed E-state index contributed by atoms with van der Waals surface area (Å²) in [7, 11) is 4.00. The van der Waals surface area contributed by atoms with Crippen molar-refractivity contribution in [1.29, 1.82) is 5.26 Å². The zero-order valence-electron chi connectivity index (χ0n) is 12.8. The number of anilines is 2. The van der Waals surface area contributed by atoms with Gasteiger partial charge >= 0.3 is 0 Å². The molecule has 2 aromatic carbocycles. The van der Waals surface area contributed by atoms with E-state index in [-0.39, 0.29) is 12.1 Å². The fourth-order valence-electron chi connectivity index (χ4n) is 2.45. The fraction of sp³-hybridized carbons (Fsp3) is 0.278. The van der Waals surface area contributed by atoms with Crippen LogP contribution in [0.15, 0.2) is 60.7 Å². The second-order valence-corrected chi connectivity index (χ2v) is 5.21. The third kappa shape index (κ3) is 3.35. The summed E-state index contributed by atoms with van der Waals surface area (Å²) in [5.74, 6) is 0. The minimum atomic E-state index is -0.224. The van der Waals surface area contributed by atoms with Gasteiger partial charge in [-0.3, -0.25) is 0 Å². The highest BCUT2D eigenvalue weighted by Gasteiger charge is 2.25. The Morgan fingerprint density at radius 1 is 0.810 bits per heavy atom. The molecule has 0 amide bonds. The van der Waals surface area contributed by atoms with Crippen molar-refractivity contribution in [3.05, 3.63) is 60.7 Å².